The third kappa shape index (κ3) is 4.91. The molecule has 0 heterocycles. The van der Waals surface area contributed by atoms with Crippen molar-refractivity contribution in [2.75, 3.05) is 19.6 Å². The van der Waals surface area contributed by atoms with Crippen LogP contribution in [-0.4, -0.2) is 30.3 Å². The van der Waals surface area contributed by atoms with E-state index in [9.17, 15) is 5.11 Å². The minimum Gasteiger partial charge on any atom is -0.389 e. The van der Waals surface area contributed by atoms with E-state index in [1.165, 1.54) is 0 Å². The zero-order chi connectivity index (χ0) is 11.2. The molecule has 2 unspecified atom stereocenters. The molecule has 0 bridgehead atoms. The van der Waals surface area contributed by atoms with Gasteiger partial charge >= 0.3 is 0 Å². The molecule has 0 saturated carbocycles. The van der Waals surface area contributed by atoms with Crippen molar-refractivity contribution in [1.29, 1.82) is 0 Å². The highest BCUT2D eigenvalue weighted by Crippen LogP contribution is 2.23. The maximum atomic E-state index is 10.2. The second kappa shape index (κ2) is 6.35. The fraction of sp³-hybridized carbons (Fsp3) is 1.00. The fourth-order valence-corrected chi connectivity index (χ4v) is 1.71. The molecule has 14 heavy (non-hydrogen) atoms. The van der Waals surface area contributed by atoms with Gasteiger partial charge in [0.1, 0.15) is 0 Å². The Morgan fingerprint density at radius 1 is 1.00 bits per heavy atom. The van der Waals surface area contributed by atoms with Crippen molar-refractivity contribution >= 4 is 0 Å². The second-order valence-electron chi connectivity index (χ2n) is 4.52. The first-order chi connectivity index (χ1) is 6.47. The number of nitrogens with two attached hydrogens (primary N) is 3. The normalized spacial score (nSPS) is 20.1. The molecule has 2 atom stereocenters. The molecule has 86 valence electrons. The highest BCUT2D eigenvalue weighted by Gasteiger charge is 2.28. The summed E-state index contributed by atoms with van der Waals surface area (Å²) < 4.78 is 0. The Morgan fingerprint density at radius 3 is 1.57 bits per heavy atom. The van der Waals surface area contributed by atoms with Gasteiger partial charge in [0.25, 0.3) is 0 Å². The quantitative estimate of drug-likeness (QED) is 0.454. The summed E-state index contributed by atoms with van der Waals surface area (Å²) in [7, 11) is 0. The van der Waals surface area contributed by atoms with Crippen molar-refractivity contribution in [3.05, 3.63) is 0 Å². The first-order valence-corrected chi connectivity index (χ1v) is 5.30. The molecular formula is C10H25N3O. The van der Waals surface area contributed by atoms with Crippen LogP contribution in [0.1, 0.15) is 26.7 Å². The summed E-state index contributed by atoms with van der Waals surface area (Å²) in [5.74, 6) is 0.599. The van der Waals surface area contributed by atoms with Gasteiger partial charge in [-0.05, 0) is 37.8 Å². The van der Waals surface area contributed by atoms with Crippen molar-refractivity contribution in [3.63, 3.8) is 0 Å². The summed E-state index contributed by atoms with van der Waals surface area (Å²) in [6.07, 6.45) is 1.31. The summed E-state index contributed by atoms with van der Waals surface area (Å²) in [4.78, 5) is 0. The highest BCUT2D eigenvalue weighted by atomic mass is 16.3. The number of hydrogen-bond acceptors (Lipinski definition) is 4. The third-order valence-corrected chi connectivity index (χ3v) is 2.64. The van der Waals surface area contributed by atoms with Gasteiger partial charge in [0.15, 0.2) is 0 Å². The Bertz CT molecular complexity index is 140. The molecule has 4 nitrogen and oxygen atoms in total. The third-order valence-electron chi connectivity index (χ3n) is 2.64. The topological polar surface area (TPSA) is 98.3 Å². The van der Waals surface area contributed by atoms with E-state index in [0.717, 1.165) is 0 Å². The molecule has 0 aromatic rings. The van der Waals surface area contributed by atoms with E-state index in [1.54, 1.807) is 0 Å². The Hall–Kier alpha value is -0.160. The molecular weight excluding hydrogens is 178 g/mol. The first-order valence-electron chi connectivity index (χ1n) is 5.30. The van der Waals surface area contributed by atoms with Crippen LogP contribution in [0.3, 0.4) is 0 Å². The summed E-state index contributed by atoms with van der Waals surface area (Å²) in [6, 6.07) is 0. The maximum absolute atomic E-state index is 10.2. The van der Waals surface area contributed by atoms with Gasteiger partial charge in [-0.15, -0.1) is 0 Å². The molecule has 0 aromatic heterocycles. The van der Waals surface area contributed by atoms with Crippen molar-refractivity contribution < 1.29 is 5.11 Å². The summed E-state index contributed by atoms with van der Waals surface area (Å²) >= 11 is 0. The fourth-order valence-electron chi connectivity index (χ4n) is 1.71. The molecule has 0 amide bonds. The number of aliphatic hydroxyl groups is 1. The average molecular weight is 203 g/mol. The zero-order valence-electron chi connectivity index (χ0n) is 9.37. The van der Waals surface area contributed by atoms with Crippen LogP contribution in [0.25, 0.3) is 0 Å². The molecule has 4 heteroatoms. The van der Waals surface area contributed by atoms with E-state index in [2.05, 4.69) is 0 Å². The number of rotatable bonds is 7. The maximum Gasteiger partial charge on any atom is 0.0775 e. The monoisotopic (exact) mass is 203 g/mol. The van der Waals surface area contributed by atoms with Gasteiger partial charge in [-0.3, -0.25) is 0 Å². The Kier molecular flexibility index (Phi) is 6.27. The van der Waals surface area contributed by atoms with Crippen molar-refractivity contribution in [1.82, 2.24) is 0 Å². The van der Waals surface area contributed by atoms with Crippen LogP contribution in [0.2, 0.25) is 0 Å². The Labute approximate surface area is 86.8 Å². The van der Waals surface area contributed by atoms with Crippen LogP contribution < -0.4 is 17.2 Å². The molecule has 0 radical (unpaired) electrons. The lowest BCUT2D eigenvalue weighted by molar-refractivity contribution is 0.00680. The van der Waals surface area contributed by atoms with Crippen LogP contribution in [0.5, 0.6) is 0 Å². The van der Waals surface area contributed by atoms with E-state index in [1.807, 2.05) is 13.8 Å². The summed E-state index contributed by atoms with van der Waals surface area (Å²) in [5.41, 5.74) is 15.8. The van der Waals surface area contributed by atoms with Gasteiger partial charge in [-0.25, -0.2) is 0 Å². The Balaban J connectivity index is 4.16. The predicted molar refractivity (Wildman–Crippen MR) is 59.7 cm³/mol. The van der Waals surface area contributed by atoms with Crippen molar-refractivity contribution in [2.24, 2.45) is 29.0 Å². The van der Waals surface area contributed by atoms with E-state index >= 15 is 0 Å². The lowest BCUT2D eigenvalue weighted by atomic mass is 9.84. The van der Waals surface area contributed by atoms with E-state index in [4.69, 9.17) is 17.2 Å². The van der Waals surface area contributed by atoms with Gasteiger partial charge in [0, 0.05) is 6.54 Å². The van der Waals surface area contributed by atoms with Gasteiger partial charge in [-0.1, -0.05) is 13.8 Å². The molecule has 0 saturated heterocycles. The van der Waals surface area contributed by atoms with Gasteiger partial charge < -0.3 is 22.3 Å². The minimum absolute atomic E-state index is 0.279. The van der Waals surface area contributed by atoms with Gasteiger partial charge in [0.2, 0.25) is 0 Å². The molecule has 0 aliphatic carbocycles. The standard InChI is InChI=1S/C10H25N3O/c1-8(5-11)3-10(14,7-13)4-9(2)6-12/h8-9,14H,3-7,11-13H2,1-2H3. The van der Waals surface area contributed by atoms with E-state index in [0.29, 0.717) is 37.8 Å². The molecule has 0 rings (SSSR count). The molecule has 0 aliphatic rings. The van der Waals surface area contributed by atoms with Crippen molar-refractivity contribution in [2.45, 2.75) is 32.3 Å². The lowest BCUT2D eigenvalue weighted by Gasteiger charge is -2.31. The van der Waals surface area contributed by atoms with Crippen LogP contribution in [0.4, 0.5) is 0 Å². The van der Waals surface area contributed by atoms with Gasteiger partial charge in [-0.2, -0.15) is 0 Å². The molecule has 7 N–H and O–H groups in total. The van der Waals surface area contributed by atoms with Crippen LogP contribution in [-0.2, 0) is 0 Å². The molecule has 0 fully saturated rings. The van der Waals surface area contributed by atoms with Crippen molar-refractivity contribution in [3.8, 4) is 0 Å². The van der Waals surface area contributed by atoms with Crippen LogP contribution in [0, 0.1) is 11.8 Å². The SMILES string of the molecule is CC(CN)CC(O)(CN)CC(C)CN. The summed E-state index contributed by atoms with van der Waals surface area (Å²) in [5, 5.41) is 10.2. The molecule has 0 aromatic carbocycles. The number of hydrogen-bond donors (Lipinski definition) is 4. The van der Waals surface area contributed by atoms with E-state index in [-0.39, 0.29) is 6.54 Å². The predicted octanol–water partition coefficient (Wildman–Crippen LogP) is -0.354. The largest absolute Gasteiger partial charge is 0.389 e. The average Bonchev–Trinajstić information content (AvgIpc) is 2.17. The zero-order valence-corrected chi connectivity index (χ0v) is 9.37. The lowest BCUT2D eigenvalue weighted by Crippen LogP contribution is -2.42. The molecule has 0 spiro atoms. The second-order valence-corrected chi connectivity index (χ2v) is 4.52. The van der Waals surface area contributed by atoms with E-state index < -0.39 is 5.60 Å². The minimum atomic E-state index is -0.794. The smallest absolute Gasteiger partial charge is 0.0775 e. The van der Waals surface area contributed by atoms with Crippen LogP contribution in [0.15, 0.2) is 0 Å². The first kappa shape index (κ1) is 13.8. The van der Waals surface area contributed by atoms with Crippen LogP contribution >= 0.6 is 0 Å². The highest BCUT2D eigenvalue weighted by molar-refractivity contribution is 4.83. The Morgan fingerprint density at radius 2 is 1.36 bits per heavy atom. The summed E-state index contributed by atoms with van der Waals surface area (Å²) in [6.45, 7) is 5.49. The molecule has 0 aliphatic heterocycles. The van der Waals surface area contributed by atoms with Gasteiger partial charge in [0.05, 0.1) is 5.60 Å².